The van der Waals surface area contributed by atoms with E-state index in [1.807, 2.05) is 47.4 Å². The molecule has 0 radical (unpaired) electrons. The maximum atomic E-state index is 13.1. The Bertz CT molecular complexity index is 1270. The predicted molar refractivity (Wildman–Crippen MR) is 108 cm³/mol. The quantitative estimate of drug-likeness (QED) is 0.492. The van der Waals surface area contributed by atoms with Crippen LogP contribution >= 0.6 is 0 Å². The number of aromatic nitrogens is 4. The number of benzene rings is 2. The van der Waals surface area contributed by atoms with Gasteiger partial charge < -0.3 is 9.80 Å². The lowest BCUT2D eigenvalue weighted by Gasteiger charge is -2.35. The number of fused-ring (bicyclic) bond motifs is 2. The van der Waals surface area contributed by atoms with Gasteiger partial charge in [0.05, 0.1) is 0 Å². The van der Waals surface area contributed by atoms with E-state index in [9.17, 15) is 18.0 Å². The standard InChI is InChI=1S/C21H17F3N6O/c22-21(23,24)20-26-25-17-8-9-18(27-30(17)20)28-10-12-29(13-11-28)19(31)16-7-3-5-14-4-1-2-6-15(14)16/h1-9H,10-13H2. The van der Waals surface area contributed by atoms with Crippen molar-refractivity contribution in [2.45, 2.75) is 6.18 Å². The summed E-state index contributed by atoms with van der Waals surface area (Å²) < 4.78 is 40.1. The summed E-state index contributed by atoms with van der Waals surface area (Å²) >= 11 is 0. The molecule has 4 aromatic rings. The van der Waals surface area contributed by atoms with Crippen LogP contribution in [0.2, 0.25) is 0 Å². The van der Waals surface area contributed by atoms with E-state index < -0.39 is 12.0 Å². The normalized spacial score (nSPS) is 15.1. The number of carbonyl (C=O) groups is 1. The number of nitrogens with zero attached hydrogens (tertiary/aromatic N) is 6. The Labute approximate surface area is 174 Å². The molecule has 2 aromatic carbocycles. The maximum Gasteiger partial charge on any atom is 0.453 e. The third-order valence-corrected chi connectivity index (χ3v) is 5.41. The molecule has 1 saturated heterocycles. The molecule has 7 nitrogen and oxygen atoms in total. The predicted octanol–water partition coefficient (Wildman–Crippen LogP) is 3.26. The van der Waals surface area contributed by atoms with Crippen molar-refractivity contribution in [3.05, 3.63) is 66.0 Å². The van der Waals surface area contributed by atoms with E-state index in [1.165, 1.54) is 6.07 Å². The topological polar surface area (TPSA) is 66.6 Å². The number of carbonyl (C=O) groups excluding carboxylic acids is 1. The molecule has 0 N–H and O–H groups in total. The fourth-order valence-electron chi connectivity index (χ4n) is 3.85. The van der Waals surface area contributed by atoms with Crippen molar-refractivity contribution in [2.75, 3.05) is 31.1 Å². The van der Waals surface area contributed by atoms with Gasteiger partial charge >= 0.3 is 6.18 Å². The van der Waals surface area contributed by atoms with E-state index in [2.05, 4.69) is 15.3 Å². The van der Waals surface area contributed by atoms with Crippen molar-refractivity contribution in [3.8, 4) is 0 Å². The monoisotopic (exact) mass is 426 g/mol. The molecule has 0 unspecified atom stereocenters. The molecule has 0 saturated carbocycles. The summed E-state index contributed by atoms with van der Waals surface area (Å²) in [6.45, 7) is 1.79. The van der Waals surface area contributed by atoms with Crippen LogP contribution in [0.15, 0.2) is 54.6 Å². The maximum absolute atomic E-state index is 13.1. The number of rotatable bonds is 2. The summed E-state index contributed by atoms with van der Waals surface area (Å²) in [7, 11) is 0. The second kappa shape index (κ2) is 7.22. The molecule has 0 atom stereocenters. The van der Waals surface area contributed by atoms with E-state index in [4.69, 9.17) is 0 Å². The molecule has 1 aliphatic heterocycles. The Kier molecular flexibility index (Phi) is 4.49. The van der Waals surface area contributed by atoms with E-state index in [0.29, 0.717) is 42.1 Å². The third-order valence-electron chi connectivity index (χ3n) is 5.41. The fraction of sp³-hybridized carbons (Fsp3) is 0.238. The SMILES string of the molecule is O=C(c1cccc2ccccc12)N1CCN(c2ccc3nnc(C(F)(F)F)n3n2)CC1. The van der Waals surface area contributed by atoms with E-state index >= 15 is 0 Å². The van der Waals surface area contributed by atoms with Gasteiger partial charge in [0.2, 0.25) is 0 Å². The van der Waals surface area contributed by atoms with Crippen molar-refractivity contribution in [1.29, 1.82) is 0 Å². The highest BCUT2D eigenvalue weighted by atomic mass is 19.4. The lowest BCUT2D eigenvalue weighted by molar-refractivity contribution is -0.146. The highest BCUT2D eigenvalue weighted by Crippen LogP contribution is 2.28. The molecule has 158 valence electrons. The van der Waals surface area contributed by atoms with Crippen molar-refractivity contribution < 1.29 is 18.0 Å². The van der Waals surface area contributed by atoms with Crippen LogP contribution in [0.1, 0.15) is 16.2 Å². The molecule has 1 aliphatic rings. The van der Waals surface area contributed by atoms with Crippen LogP contribution in [-0.4, -0.2) is 56.8 Å². The molecule has 0 bridgehead atoms. The van der Waals surface area contributed by atoms with Gasteiger partial charge in [-0.05, 0) is 29.0 Å². The van der Waals surface area contributed by atoms with Gasteiger partial charge in [-0.3, -0.25) is 4.79 Å². The Balaban J connectivity index is 1.35. The molecule has 0 spiro atoms. The Hall–Kier alpha value is -3.69. The first-order valence-electron chi connectivity index (χ1n) is 9.73. The second-order valence-electron chi connectivity index (χ2n) is 7.29. The molecule has 3 heterocycles. The van der Waals surface area contributed by atoms with E-state index in [-0.39, 0.29) is 11.6 Å². The van der Waals surface area contributed by atoms with Gasteiger partial charge in [-0.2, -0.15) is 17.7 Å². The molecule has 0 aliphatic carbocycles. The van der Waals surface area contributed by atoms with E-state index in [0.717, 1.165) is 10.8 Å². The summed E-state index contributed by atoms with van der Waals surface area (Å²) in [6, 6.07) is 16.4. The number of amides is 1. The smallest absolute Gasteiger partial charge is 0.352 e. The van der Waals surface area contributed by atoms with Crippen LogP contribution in [0.3, 0.4) is 0 Å². The Morgan fingerprint density at radius 1 is 0.871 bits per heavy atom. The van der Waals surface area contributed by atoms with E-state index in [1.54, 1.807) is 11.0 Å². The molecule has 1 fully saturated rings. The lowest BCUT2D eigenvalue weighted by Crippen LogP contribution is -2.49. The second-order valence-corrected chi connectivity index (χ2v) is 7.29. The lowest BCUT2D eigenvalue weighted by atomic mass is 10.0. The van der Waals surface area contributed by atoms with Gasteiger partial charge in [0.25, 0.3) is 11.7 Å². The number of halogens is 3. The average molecular weight is 426 g/mol. The average Bonchev–Trinajstić information content (AvgIpc) is 3.22. The van der Waals surface area contributed by atoms with Gasteiger partial charge in [0.1, 0.15) is 5.82 Å². The Morgan fingerprint density at radius 3 is 2.39 bits per heavy atom. The van der Waals surface area contributed by atoms with Crippen LogP contribution in [-0.2, 0) is 6.18 Å². The van der Waals surface area contributed by atoms with Gasteiger partial charge in [-0.15, -0.1) is 15.3 Å². The van der Waals surface area contributed by atoms with Gasteiger partial charge in [0, 0.05) is 31.7 Å². The molecule has 1 amide bonds. The zero-order valence-electron chi connectivity index (χ0n) is 16.3. The van der Waals surface area contributed by atoms with Crippen LogP contribution in [0.25, 0.3) is 16.4 Å². The number of alkyl halides is 3. The zero-order valence-corrected chi connectivity index (χ0v) is 16.3. The first-order chi connectivity index (χ1) is 14.9. The number of anilines is 1. The number of hydrogen-bond acceptors (Lipinski definition) is 5. The summed E-state index contributed by atoms with van der Waals surface area (Å²) in [6.07, 6.45) is -4.64. The summed E-state index contributed by atoms with van der Waals surface area (Å²) in [4.78, 5) is 16.7. The molecule has 5 rings (SSSR count). The number of hydrogen-bond donors (Lipinski definition) is 0. The first-order valence-corrected chi connectivity index (χ1v) is 9.73. The van der Waals surface area contributed by atoms with Gasteiger partial charge in [-0.25, -0.2) is 0 Å². The third kappa shape index (κ3) is 3.43. The molecule has 31 heavy (non-hydrogen) atoms. The molecular weight excluding hydrogens is 409 g/mol. The highest BCUT2D eigenvalue weighted by Gasteiger charge is 2.38. The van der Waals surface area contributed by atoms with Crippen molar-refractivity contribution >= 4 is 28.1 Å². The number of piperazine rings is 1. The zero-order chi connectivity index (χ0) is 21.6. The van der Waals surface area contributed by atoms with Gasteiger partial charge in [-0.1, -0.05) is 36.4 Å². The fourth-order valence-corrected chi connectivity index (χ4v) is 3.85. The van der Waals surface area contributed by atoms with Crippen molar-refractivity contribution in [2.24, 2.45) is 0 Å². The first kappa shape index (κ1) is 19.3. The minimum Gasteiger partial charge on any atom is -0.352 e. The van der Waals surface area contributed by atoms with Crippen LogP contribution in [0.5, 0.6) is 0 Å². The van der Waals surface area contributed by atoms with Crippen LogP contribution in [0, 0.1) is 0 Å². The minimum atomic E-state index is -4.64. The molecule has 2 aromatic heterocycles. The summed E-state index contributed by atoms with van der Waals surface area (Å²) in [5, 5.41) is 12.7. The van der Waals surface area contributed by atoms with Crippen molar-refractivity contribution in [1.82, 2.24) is 24.7 Å². The summed E-state index contributed by atoms with van der Waals surface area (Å²) in [5.74, 6) is -0.831. The summed E-state index contributed by atoms with van der Waals surface area (Å²) in [5.41, 5.74) is 0.672. The Morgan fingerprint density at radius 2 is 1.61 bits per heavy atom. The molecular formula is C21H17F3N6O. The highest BCUT2D eigenvalue weighted by molar-refractivity contribution is 6.07. The largest absolute Gasteiger partial charge is 0.453 e. The van der Waals surface area contributed by atoms with Crippen molar-refractivity contribution in [3.63, 3.8) is 0 Å². The van der Waals surface area contributed by atoms with Gasteiger partial charge in [0.15, 0.2) is 5.65 Å². The van der Waals surface area contributed by atoms with Crippen LogP contribution < -0.4 is 4.90 Å². The minimum absolute atomic E-state index is 0.0286. The van der Waals surface area contributed by atoms with Crippen LogP contribution in [0.4, 0.5) is 19.0 Å². The molecule has 10 heteroatoms.